The third kappa shape index (κ3) is 5.27. The highest BCUT2D eigenvalue weighted by molar-refractivity contribution is 5.92. The van der Waals surface area contributed by atoms with Crippen LogP contribution < -0.4 is 10.6 Å². The van der Waals surface area contributed by atoms with Crippen molar-refractivity contribution in [1.29, 1.82) is 0 Å². The van der Waals surface area contributed by atoms with E-state index in [9.17, 15) is 9.59 Å². The summed E-state index contributed by atoms with van der Waals surface area (Å²) in [5.41, 5.74) is 2.02. The van der Waals surface area contributed by atoms with E-state index in [4.69, 9.17) is 0 Å². The van der Waals surface area contributed by atoms with E-state index in [0.717, 1.165) is 31.6 Å². The van der Waals surface area contributed by atoms with E-state index in [1.165, 1.54) is 12.0 Å². The maximum absolute atomic E-state index is 12.0. The number of hydrogen-bond donors (Lipinski definition) is 2. The normalized spacial score (nSPS) is 15.2. The second-order valence-corrected chi connectivity index (χ2v) is 7.08. The Morgan fingerprint density at radius 1 is 1.04 bits per heavy atom. The molecule has 5 heteroatoms. The Balaban J connectivity index is 1.79. The molecule has 0 spiro atoms. The molecule has 5 nitrogen and oxygen atoms in total. The molecule has 0 aromatic heterocycles. The van der Waals surface area contributed by atoms with Gasteiger partial charge in [0.2, 0.25) is 5.91 Å². The lowest BCUT2D eigenvalue weighted by Gasteiger charge is -2.26. The number of benzene rings is 1. The number of amides is 3. The molecule has 0 saturated carbocycles. The number of rotatable bonds is 3. The number of carbonyl (C=O) groups is 2. The molecule has 0 bridgehead atoms. The van der Waals surface area contributed by atoms with Gasteiger partial charge < -0.3 is 15.5 Å². The van der Waals surface area contributed by atoms with Crippen LogP contribution in [0.5, 0.6) is 0 Å². The van der Waals surface area contributed by atoms with Gasteiger partial charge in [-0.05, 0) is 42.4 Å². The van der Waals surface area contributed by atoms with Crippen LogP contribution in [0.3, 0.4) is 0 Å². The zero-order valence-corrected chi connectivity index (χ0v) is 14.3. The average molecular weight is 317 g/mol. The zero-order valence-electron chi connectivity index (χ0n) is 14.3. The van der Waals surface area contributed by atoms with E-state index in [1.54, 1.807) is 0 Å². The fourth-order valence-corrected chi connectivity index (χ4v) is 2.64. The first kappa shape index (κ1) is 17.3. The second kappa shape index (κ2) is 7.49. The van der Waals surface area contributed by atoms with Gasteiger partial charge in [0.15, 0.2) is 0 Å². The van der Waals surface area contributed by atoms with Crippen molar-refractivity contribution in [3.63, 3.8) is 0 Å². The summed E-state index contributed by atoms with van der Waals surface area (Å²) in [4.78, 5) is 25.7. The molecule has 2 rings (SSSR count). The highest BCUT2D eigenvalue weighted by atomic mass is 16.2. The second-order valence-electron chi connectivity index (χ2n) is 7.08. The van der Waals surface area contributed by atoms with Crippen molar-refractivity contribution in [3.8, 4) is 0 Å². The molecule has 1 fully saturated rings. The SMILES string of the molecule is CC(C)(C)c1ccc(NC(=O)NCC(=O)N2CCCCC2)cc1. The van der Waals surface area contributed by atoms with Crippen molar-refractivity contribution in [2.75, 3.05) is 25.0 Å². The molecular weight excluding hydrogens is 290 g/mol. The van der Waals surface area contributed by atoms with Crippen LogP contribution in [0.25, 0.3) is 0 Å². The molecule has 0 radical (unpaired) electrons. The van der Waals surface area contributed by atoms with Gasteiger partial charge in [-0.25, -0.2) is 4.79 Å². The van der Waals surface area contributed by atoms with Crippen LogP contribution in [-0.4, -0.2) is 36.5 Å². The number of carbonyl (C=O) groups excluding carboxylic acids is 2. The Morgan fingerprint density at radius 2 is 1.65 bits per heavy atom. The number of likely N-dealkylation sites (tertiary alicyclic amines) is 1. The molecule has 0 aliphatic carbocycles. The van der Waals surface area contributed by atoms with Crippen molar-refractivity contribution < 1.29 is 9.59 Å². The van der Waals surface area contributed by atoms with Gasteiger partial charge in [-0.15, -0.1) is 0 Å². The van der Waals surface area contributed by atoms with Gasteiger partial charge in [0.1, 0.15) is 0 Å². The number of piperidine rings is 1. The minimum absolute atomic E-state index is 0.0112. The molecule has 0 unspecified atom stereocenters. The molecule has 1 aromatic carbocycles. The highest BCUT2D eigenvalue weighted by Gasteiger charge is 2.17. The first-order valence-corrected chi connectivity index (χ1v) is 8.29. The molecule has 2 N–H and O–H groups in total. The number of urea groups is 1. The average Bonchev–Trinajstić information content (AvgIpc) is 2.53. The van der Waals surface area contributed by atoms with Gasteiger partial charge in [-0.2, -0.15) is 0 Å². The standard InChI is InChI=1S/C18H27N3O2/c1-18(2,3)14-7-9-15(10-8-14)20-17(23)19-13-16(22)21-11-5-4-6-12-21/h7-10H,4-6,11-13H2,1-3H3,(H2,19,20,23). The van der Waals surface area contributed by atoms with E-state index >= 15 is 0 Å². The fraction of sp³-hybridized carbons (Fsp3) is 0.556. The molecule has 1 heterocycles. The lowest BCUT2D eigenvalue weighted by molar-refractivity contribution is -0.130. The van der Waals surface area contributed by atoms with Gasteiger partial charge in [0.05, 0.1) is 6.54 Å². The van der Waals surface area contributed by atoms with Crippen LogP contribution in [-0.2, 0) is 10.2 Å². The molecule has 1 aromatic rings. The van der Waals surface area contributed by atoms with E-state index in [-0.39, 0.29) is 23.9 Å². The summed E-state index contributed by atoms with van der Waals surface area (Å²) in [7, 11) is 0. The first-order valence-electron chi connectivity index (χ1n) is 8.29. The molecule has 1 aliphatic rings. The van der Waals surface area contributed by atoms with Crippen molar-refractivity contribution in [3.05, 3.63) is 29.8 Å². The van der Waals surface area contributed by atoms with Crippen LogP contribution in [0.4, 0.5) is 10.5 Å². The molecule has 0 atom stereocenters. The molecule has 3 amide bonds. The maximum atomic E-state index is 12.0. The minimum Gasteiger partial charge on any atom is -0.341 e. The lowest BCUT2D eigenvalue weighted by Crippen LogP contribution is -2.43. The van der Waals surface area contributed by atoms with Gasteiger partial charge in [0.25, 0.3) is 0 Å². The summed E-state index contributed by atoms with van der Waals surface area (Å²) in [6.45, 7) is 8.09. The van der Waals surface area contributed by atoms with Gasteiger partial charge >= 0.3 is 6.03 Å². The summed E-state index contributed by atoms with van der Waals surface area (Å²) in [5.74, 6) is -0.0112. The Labute approximate surface area is 138 Å². The van der Waals surface area contributed by atoms with Crippen LogP contribution in [0.15, 0.2) is 24.3 Å². The van der Waals surface area contributed by atoms with Crippen molar-refractivity contribution >= 4 is 17.6 Å². The third-order valence-corrected chi connectivity index (χ3v) is 4.12. The largest absolute Gasteiger partial charge is 0.341 e. The topological polar surface area (TPSA) is 61.4 Å². The third-order valence-electron chi connectivity index (χ3n) is 4.12. The Bertz CT molecular complexity index is 540. The predicted molar refractivity (Wildman–Crippen MR) is 92.6 cm³/mol. The molecular formula is C18H27N3O2. The highest BCUT2D eigenvalue weighted by Crippen LogP contribution is 2.23. The van der Waals surface area contributed by atoms with Crippen LogP contribution in [0.1, 0.15) is 45.6 Å². The Morgan fingerprint density at radius 3 is 2.22 bits per heavy atom. The van der Waals surface area contributed by atoms with Gasteiger partial charge in [-0.3, -0.25) is 4.79 Å². The number of nitrogens with zero attached hydrogens (tertiary/aromatic N) is 1. The van der Waals surface area contributed by atoms with Crippen molar-refractivity contribution in [2.24, 2.45) is 0 Å². The monoisotopic (exact) mass is 317 g/mol. The number of anilines is 1. The quantitative estimate of drug-likeness (QED) is 0.900. The zero-order chi connectivity index (χ0) is 16.9. The van der Waals surface area contributed by atoms with Gasteiger partial charge in [0, 0.05) is 18.8 Å². The first-order chi connectivity index (χ1) is 10.9. The number of nitrogens with one attached hydrogen (secondary N) is 2. The number of hydrogen-bond acceptors (Lipinski definition) is 2. The summed E-state index contributed by atoms with van der Waals surface area (Å²) in [6, 6.07) is 7.43. The molecule has 23 heavy (non-hydrogen) atoms. The van der Waals surface area contributed by atoms with Crippen molar-refractivity contribution in [2.45, 2.75) is 45.4 Å². The smallest absolute Gasteiger partial charge is 0.319 e. The minimum atomic E-state index is -0.348. The van der Waals surface area contributed by atoms with E-state index in [2.05, 4.69) is 31.4 Å². The van der Waals surface area contributed by atoms with E-state index in [1.807, 2.05) is 29.2 Å². The summed E-state index contributed by atoms with van der Waals surface area (Å²) < 4.78 is 0. The lowest BCUT2D eigenvalue weighted by atomic mass is 9.87. The van der Waals surface area contributed by atoms with Crippen LogP contribution >= 0.6 is 0 Å². The van der Waals surface area contributed by atoms with Crippen molar-refractivity contribution in [1.82, 2.24) is 10.2 Å². The molecule has 1 saturated heterocycles. The summed E-state index contributed by atoms with van der Waals surface area (Å²) in [5, 5.41) is 5.39. The summed E-state index contributed by atoms with van der Waals surface area (Å²) >= 11 is 0. The Kier molecular flexibility index (Phi) is 5.64. The molecule has 1 aliphatic heterocycles. The van der Waals surface area contributed by atoms with Gasteiger partial charge in [-0.1, -0.05) is 32.9 Å². The van der Waals surface area contributed by atoms with E-state index < -0.39 is 0 Å². The van der Waals surface area contributed by atoms with E-state index in [0.29, 0.717) is 0 Å². The van der Waals surface area contributed by atoms with Crippen LogP contribution in [0, 0.1) is 0 Å². The maximum Gasteiger partial charge on any atom is 0.319 e. The Hall–Kier alpha value is -2.04. The fourth-order valence-electron chi connectivity index (χ4n) is 2.64. The van der Waals surface area contributed by atoms with Crippen LogP contribution in [0.2, 0.25) is 0 Å². The molecule has 126 valence electrons. The predicted octanol–water partition coefficient (Wildman–Crippen LogP) is 3.12. The summed E-state index contributed by atoms with van der Waals surface area (Å²) in [6.07, 6.45) is 3.29.